The average Bonchev–Trinajstić information content (AvgIpc) is 2.73. The lowest BCUT2D eigenvalue weighted by molar-refractivity contribution is 0.414. The maximum Gasteiger partial charge on any atom is 0.125 e. The van der Waals surface area contributed by atoms with Crippen LogP contribution in [0.25, 0.3) is 11.3 Å². The van der Waals surface area contributed by atoms with Gasteiger partial charge in [-0.1, -0.05) is 24.3 Å². The number of anilines is 1. The largest absolute Gasteiger partial charge is 0.368 e. The fraction of sp³-hybridized carbons (Fsp3) is 0.400. The Kier molecular flexibility index (Phi) is 2.62. The van der Waals surface area contributed by atoms with Crippen LogP contribution in [0.3, 0.4) is 0 Å². The molecule has 1 aliphatic heterocycles. The van der Waals surface area contributed by atoms with Gasteiger partial charge in [0.2, 0.25) is 0 Å². The predicted molar refractivity (Wildman–Crippen MR) is 74.8 cm³/mol. The second kappa shape index (κ2) is 4.16. The topological polar surface area (TPSA) is 29.9 Å². The smallest absolute Gasteiger partial charge is 0.125 e. The van der Waals surface area contributed by atoms with E-state index in [1.165, 1.54) is 11.1 Å². The number of aromatic nitrogens is 2. The molecule has 3 heteroatoms. The Labute approximate surface area is 108 Å². The van der Waals surface area contributed by atoms with Crippen LogP contribution in [0.5, 0.6) is 0 Å². The third-order valence-electron chi connectivity index (χ3n) is 3.66. The van der Waals surface area contributed by atoms with E-state index < -0.39 is 0 Å². The Morgan fingerprint density at radius 3 is 2.83 bits per heavy atom. The second-order valence-corrected chi connectivity index (χ2v) is 5.30. The fourth-order valence-electron chi connectivity index (χ4n) is 2.75. The van der Waals surface area contributed by atoms with Crippen LogP contribution in [0, 0.1) is 6.92 Å². The first-order valence-electron chi connectivity index (χ1n) is 6.57. The van der Waals surface area contributed by atoms with E-state index in [9.17, 15) is 0 Å². The molecule has 1 aromatic heterocycles. The third kappa shape index (κ3) is 1.80. The summed E-state index contributed by atoms with van der Waals surface area (Å²) < 4.78 is 2.11. The number of hydrogen-bond donors (Lipinski definition) is 1. The molecule has 0 amide bonds. The van der Waals surface area contributed by atoms with Crippen molar-refractivity contribution in [1.82, 2.24) is 9.78 Å². The molecule has 2 atom stereocenters. The third-order valence-corrected chi connectivity index (χ3v) is 3.66. The minimum Gasteiger partial charge on any atom is -0.368 e. The van der Waals surface area contributed by atoms with Gasteiger partial charge < -0.3 is 5.32 Å². The first kappa shape index (κ1) is 11.3. The lowest BCUT2D eigenvalue weighted by Crippen LogP contribution is -2.28. The van der Waals surface area contributed by atoms with Crippen LogP contribution in [-0.4, -0.2) is 15.8 Å². The highest BCUT2D eigenvalue weighted by Crippen LogP contribution is 2.31. The number of rotatable bonds is 1. The van der Waals surface area contributed by atoms with Crippen molar-refractivity contribution in [3.63, 3.8) is 0 Å². The van der Waals surface area contributed by atoms with Crippen LogP contribution in [0.15, 0.2) is 30.3 Å². The van der Waals surface area contributed by atoms with Crippen LogP contribution in [0.2, 0.25) is 0 Å². The first-order valence-corrected chi connectivity index (χ1v) is 6.57. The van der Waals surface area contributed by atoms with Crippen LogP contribution in [-0.2, 0) is 0 Å². The van der Waals surface area contributed by atoms with Gasteiger partial charge in [-0.25, -0.2) is 4.68 Å². The molecule has 0 aliphatic carbocycles. The van der Waals surface area contributed by atoms with Gasteiger partial charge in [0.1, 0.15) is 5.82 Å². The molecule has 2 aromatic rings. The van der Waals surface area contributed by atoms with Crippen molar-refractivity contribution < 1.29 is 0 Å². The molecule has 3 nitrogen and oxygen atoms in total. The lowest BCUT2D eigenvalue weighted by Gasteiger charge is -2.27. The predicted octanol–water partition coefficient (Wildman–Crippen LogP) is 3.62. The second-order valence-electron chi connectivity index (χ2n) is 5.30. The minimum absolute atomic E-state index is 0.467. The number of benzene rings is 1. The molecule has 2 unspecified atom stereocenters. The fourth-order valence-corrected chi connectivity index (χ4v) is 2.75. The Balaban J connectivity index is 2.06. The van der Waals surface area contributed by atoms with E-state index in [1.54, 1.807) is 0 Å². The highest BCUT2D eigenvalue weighted by molar-refractivity contribution is 5.66. The van der Waals surface area contributed by atoms with Crippen LogP contribution in [0.1, 0.15) is 31.9 Å². The van der Waals surface area contributed by atoms with Gasteiger partial charge in [0.05, 0.1) is 11.7 Å². The number of nitrogens with zero attached hydrogens (tertiary/aromatic N) is 2. The van der Waals surface area contributed by atoms with E-state index >= 15 is 0 Å². The van der Waals surface area contributed by atoms with Crippen molar-refractivity contribution in [2.45, 2.75) is 39.3 Å². The zero-order valence-corrected chi connectivity index (χ0v) is 11.1. The van der Waals surface area contributed by atoms with Gasteiger partial charge in [-0.2, -0.15) is 5.10 Å². The van der Waals surface area contributed by atoms with Gasteiger partial charge in [0.15, 0.2) is 0 Å². The van der Waals surface area contributed by atoms with Gasteiger partial charge in [-0.3, -0.25) is 0 Å². The van der Waals surface area contributed by atoms with Crippen molar-refractivity contribution in [3.8, 4) is 11.3 Å². The van der Waals surface area contributed by atoms with E-state index in [-0.39, 0.29) is 0 Å². The molecule has 2 heterocycles. The van der Waals surface area contributed by atoms with E-state index in [4.69, 9.17) is 5.10 Å². The normalized spacial score (nSPS) is 22.4. The Morgan fingerprint density at radius 1 is 1.28 bits per heavy atom. The molecule has 3 rings (SSSR count). The van der Waals surface area contributed by atoms with Gasteiger partial charge in [0.25, 0.3) is 0 Å². The Hall–Kier alpha value is -1.77. The first-order chi connectivity index (χ1) is 8.65. The molecule has 0 radical (unpaired) electrons. The molecule has 1 aliphatic rings. The molecule has 18 heavy (non-hydrogen) atoms. The van der Waals surface area contributed by atoms with Crippen molar-refractivity contribution in [1.29, 1.82) is 0 Å². The van der Waals surface area contributed by atoms with Crippen LogP contribution in [0.4, 0.5) is 5.82 Å². The summed E-state index contributed by atoms with van der Waals surface area (Å²) in [5, 5.41) is 8.25. The Bertz CT molecular complexity index is 571. The molecule has 0 bridgehead atoms. The van der Waals surface area contributed by atoms with Crippen molar-refractivity contribution in [2.24, 2.45) is 0 Å². The standard InChI is InChI=1S/C15H19N3/c1-10-6-4-5-7-13(10)14-9-15-16-11(2)8-12(3)18(15)17-14/h4-7,9,11-12,16H,8H2,1-3H3. The van der Waals surface area contributed by atoms with Gasteiger partial charge in [0, 0.05) is 17.7 Å². The summed E-state index contributed by atoms with van der Waals surface area (Å²) in [7, 11) is 0. The summed E-state index contributed by atoms with van der Waals surface area (Å²) in [6, 6.07) is 11.6. The van der Waals surface area contributed by atoms with E-state index in [1.807, 2.05) is 0 Å². The Morgan fingerprint density at radius 2 is 2.06 bits per heavy atom. The molecule has 0 saturated heterocycles. The number of hydrogen-bond acceptors (Lipinski definition) is 2. The van der Waals surface area contributed by atoms with Crippen molar-refractivity contribution >= 4 is 5.82 Å². The molecule has 1 N–H and O–H groups in total. The van der Waals surface area contributed by atoms with E-state index in [0.717, 1.165) is 17.9 Å². The summed E-state index contributed by atoms with van der Waals surface area (Å²) in [6.45, 7) is 6.59. The summed E-state index contributed by atoms with van der Waals surface area (Å²) in [4.78, 5) is 0. The zero-order chi connectivity index (χ0) is 12.7. The average molecular weight is 241 g/mol. The monoisotopic (exact) mass is 241 g/mol. The number of nitrogens with one attached hydrogen (secondary N) is 1. The van der Waals surface area contributed by atoms with Gasteiger partial charge in [-0.05, 0) is 32.8 Å². The van der Waals surface area contributed by atoms with Gasteiger partial charge >= 0.3 is 0 Å². The summed E-state index contributed by atoms with van der Waals surface area (Å²) in [5.41, 5.74) is 3.56. The molecule has 1 aromatic carbocycles. The molecular formula is C15H19N3. The SMILES string of the molecule is Cc1ccccc1-c1cc2n(n1)C(C)CC(C)N2. The molecule has 0 saturated carbocycles. The summed E-state index contributed by atoms with van der Waals surface area (Å²) in [6.07, 6.45) is 1.13. The molecular weight excluding hydrogens is 222 g/mol. The van der Waals surface area contributed by atoms with Crippen molar-refractivity contribution in [3.05, 3.63) is 35.9 Å². The highest BCUT2D eigenvalue weighted by atomic mass is 15.4. The lowest BCUT2D eigenvalue weighted by atomic mass is 10.1. The molecule has 0 fully saturated rings. The highest BCUT2D eigenvalue weighted by Gasteiger charge is 2.22. The molecule has 94 valence electrons. The minimum atomic E-state index is 0.467. The van der Waals surface area contributed by atoms with Crippen molar-refractivity contribution in [2.75, 3.05) is 5.32 Å². The van der Waals surface area contributed by atoms with E-state index in [0.29, 0.717) is 12.1 Å². The quantitative estimate of drug-likeness (QED) is 0.826. The zero-order valence-electron chi connectivity index (χ0n) is 11.1. The maximum atomic E-state index is 4.75. The number of fused-ring (bicyclic) bond motifs is 1. The molecule has 0 spiro atoms. The maximum absolute atomic E-state index is 4.75. The summed E-state index contributed by atoms with van der Waals surface area (Å²) in [5.74, 6) is 1.14. The van der Waals surface area contributed by atoms with Gasteiger partial charge in [-0.15, -0.1) is 0 Å². The van der Waals surface area contributed by atoms with Crippen LogP contribution < -0.4 is 5.32 Å². The summed E-state index contributed by atoms with van der Waals surface area (Å²) >= 11 is 0. The van der Waals surface area contributed by atoms with E-state index in [2.05, 4.69) is 61.1 Å². The number of aryl methyl sites for hydroxylation is 1. The van der Waals surface area contributed by atoms with Crippen LogP contribution >= 0.6 is 0 Å².